The number of hydrogen-bond acceptors (Lipinski definition) is 4. The molecule has 1 aromatic rings. The molecule has 1 aromatic heterocycles. The molecule has 15 heavy (non-hydrogen) atoms. The molecule has 1 saturated carbocycles. The largest absolute Gasteiger partial charge is 0.424 e. The van der Waals surface area contributed by atoms with Crippen molar-refractivity contribution in [3.63, 3.8) is 0 Å². The molecule has 1 atom stereocenters. The van der Waals surface area contributed by atoms with Crippen LogP contribution in [-0.2, 0) is 6.54 Å². The van der Waals surface area contributed by atoms with Gasteiger partial charge in [-0.25, -0.2) is 0 Å². The predicted octanol–water partition coefficient (Wildman–Crippen LogP) is 2.08. The van der Waals surface area contributed by atoms with Crippen LogP contribution in [0, 0.1) is 5.92 Å². The Kier molecular flexibility index (Phi) is 3.36. The maximum Gasteiger partial charge on any atom is 0.230 e. The van der Waals surface area contributed by atoms with Crippen LogP contribution in [0.5, 0.6) is 0 Å². The molecular formula is C11H19N3O. The van der Waals surface area contributed by atoms with E-state index in [4.69, 9.17) is 4.42 Å². The van der Waals surface area contributed by atoms with Crippen LogP contribution in [0.4, 0.5) is 0 Å². The topological polar surface area (TPSA) is 51.0 Å². The van der Waals surface area contributed by atoms with Crippen LogP contribution in [0.15, 0.2) is 4.42 Å². The third kappa shape index (κ3) is 2.78. The number of hydrogen-bond donors (Lipinski definition) is 1. The minimum Gasteiger partial charge on any atom is -0.424 e. The van der Waals surface area contributed by atoms with Crippen LogP contribution in [0.1, 0.15) is 50.8 Å². The minimum atomic E-state index is 0.442. The van der Waals surface area contributed by atoms with Gasteiger partial charge in [0.25, 0.3) is 0 Å². The van der Waals surface area contributed by atoms with Crippen LogP contribution in [0.3, 0.4) is 0 Å². The fraction of sp³-hybridized carbons (Fsp3) is 0.818. The second kappa shape index (κ2) is 4.75. The van der Waals surface area contributed by atoms with Gasteiger partial charge in [0.2, 0.25) is 11.8 Å². The predicted molar refractivity (Wildman–Crippen MR) is 57.4 cm³/mol. The first-order valence-corrected chi connectivity index (χ1v) is 5.84. The van der Waals surface area contributed by atoms with Gasteiger partial charge < -0.3 is 9.73 Å². The number of nitrogens with one attached hydrogen (secondary N) is 1. The second-order valence-corrected chi connectivity index (χ2v) is 4.34. The summed E-state index contributed by atoms with van der Waals surface area (Å²) in [6, 6.07) is 0. The lowest BCUT2D eigenvalue weighted by Crippen LogP contribution is -2.13. The average Bonchev–Trinajstić information content (AvgIpc) is 2.98. The van der Waals surface area contributed by atoms with Crippen molar-refractivity contribution in [3.8, 4) is 0 Å². The van der Waals surface area contributed by atoms with Crippen LogP contribution in [0.25, 0.3) is 0 Å². The minimum absolute atomic E-state index is 0.442. The molecule has 1 aliphatic rings. The summed E-state index contributed by atoms with van der Waals surface area (Å²) in [4.78, 5) is 0. The molecule has 84 valence electrons. The molecule has 4 nitrogen and oxygen atoms in total. The number of aromatic nitrogens is 2. The fourth-order valence-electron chi connectivity index (χ4n) is 1.69. The van der Waals surface area contributed by atoms with E-state index >= 15 is 0 Å². The fourth-order valence-corrected chi connectivity index (χ4v) is 1.69. The molecule has 0 spiro atoms. The van der Waals surface area contributed by atoms with E-state index in [1.165, 1.54) is 12.8 Å². The van der Waals surface area contributed by atoms with Gasteiger partial charge in [0.1, 0.15) is 0 Å². The Bertz CT molecular complexity index is 307. The highest BCUT2D eigenvalue weighted by molar-refractivity contribution is 4.97. The molecule has 1 N–H and O–H groups in total. The van der Waals surface area contributed by atoms with Gasteiger partial charge in [-0.3, -0.25) is 0 Å². The summed E-state index contributed by atoms with van der Waals surface area (Å²) in [6.45, 7) is 6.00. The Morgan fingerprint density at radius 2 is 2.27 bits per heavy atom. The molecular weight excluding hydrogens is 190 g/mol. The lowest BCUT2D eigenvalue weighted by atomic mass is 10.1. The molecule has 0 radical (unpaired) electrons. The molecule has 0 bridgehead atoms. The van der Waals surface area contributed by atoms with Gasteiger partial charge in [-0.1, -0.05) is 13.8 Å². The average molecular weight is 209 g/mol. The monoisotopic (exact) mass is 209 g/mol. The van der Waals surface area contributed by atoms with Crippen molar-refractivity contribution in [2.45, 2.75) is 45.6 Å². The molecule has 0 saturated heterocycles. The second-order valence-electron chi connectivity index (χ2n) is 4.34. The van der Waals surface area contributed by atoms with Gasteiger partial charge in [-0.2, -0.15) is 0 Å². The van der Waals surface area contributed by atoms with E-state index in [2.05, 4.69) is 29.4 Å². The molecule has 0 aromatic carbocycles. The molecule has 4 heteroatoms. The highest BCUT2D eigenvalue weighted by Crippen LogP contribution is 2.41. The Morgan fingerprint density at radius 1 is 1.47 bits per heavy atom. The molecule has 1 heterocycles. The maximum absolute atomic E-state index is 5.61. The van der Waals surface area contributed by atoms with Gasteiger partial charge in [0.05, 0.1) is 6.54 Å². The van der Waals surface area contributed by atoms with E-state index in [0.717, 1.165) is 24.8 Å². The Hall–Kier alpha value is -0.900. The van der Waals surface area contributed by atoms with Gasteiger partial charge in [-0.05, 0) is 31.7 Å². The van der Waals surface area contributed by atoms with Gasteiger partial charge >= 0.3 is 0 Å². The van der Waals surface area contributed by atoms with Crippen LogP contribution in [-0.4, -0.2) is 16.7 Å². The first-order valence-electron chi connectivity index (χ1n) is 5.84. The number of nitrogens with zero attached hydrogens (tertiary/aromatic N) is 2. The lowest BCUT2D eigenvalue weighted by Gasteiger charge is -2.02. The summed E-state index contributed by atoms with van der Waals surface area (Å²) in [5, 5.41) is 11.4. The summed E-state index contributed by atoms with van der Waals surface area (Å²) in [7, 11) is 0. The summed E-state index contributed by atoms with van der Waals surface area (Å²) < 4.78 is 5.61. The normalized spacial score (nSPS) is 18.0. The lowest BCUT2D eigenvalue weighted by molar-refractivity contribution is 0.397. The van der Waals surface area contributed by atoms with Gasteiger partial charge in [-0.15, -0.1) is 10.2 Å². The Balaban J connectivity index is 1.85. The first-order chi connectivity index (χ1) is 7.31. The number of rotatable bonds is 6. The van der Waals surface area contributed by atoms with Crippen LogP contribution >= 0.6 is 0 Å². The zero-order valence-electron chi connectivity index (χ0n) is 9.49. The van der Waals surface area contributed by atoms with E-state index in [1.807, 2.05) is 0 Å². The van der Waals surface area contributed by atoms with E-state index in [0.29, 0.717) is 18.4 Å². The molecule has 0 amide bonds. The van der Waals surface area contributed by atoms with Crippen molar-refractivity contribution >= 4 is 0 Å². The van der Waals surface area contributed by atoms with E-state index in [1.54, 1.807) is 0 Å². The zero-order chi connectivity index (χ0) is 10.7. The third-order valence-corrected chi connectivity index (χ3v) is 2.90. The Morgan fingerprint density at radius 3 is 2.93 bits per heavy atom. The molecule has 1 aliphatic carbocycles. The summed E-state index contributed by atoms with van der Waals surface area (Å²) in [5.74, 6) is 2.75. The maximum atomic E-state index is 5.61. The van der Waals surface area contributed by atoms with Crippen LogP contribution < -0.4 is 5.32 Å². The highest BCUT2D eigenvalue weighted by Gasteiger charge is 2.32. The molecule has 1 unspecified atom stereocenters. The van der Waals surface area contributed by atoms with E-state index < -0.39 is 0 Å². The summed E-state index contributed by atoms with van der Waals surface area (Å²) in [5.41, 5.74) is 0. The van der Waals surface area contributed by atoms with Crippen molar-refractivity contribution < 1.29 is 4.42 Å². The molecule has 0 aliphatic heterocycles. The zero-order valence-corrected chi connectivity index (χ0v) is 9.49. The molecule has 1 fully saturated rings. The van der Waals surface area contributed by atoms with E-state index in [-0.39, 0.29) is 0 Å². The van der Waals surface area contributed by atoms with E-state index in [9.17, 15) is 0 Å². The van der Waals surface area contributed by atoms with Crippen molar-refractivity contribution in [1.82, 2.24) is 15.5 Å². The first kappa shape index (κ1) is 10.6. The standard InChI is InChI=1S/C11H19N3O/c1-3-6-12-7-10-13-14-11(15-10)8(2)9-4-5-9/h8-9,12H,3-7H2,1-2H3. The van der Waals surface area contributed by atoms with Gasteiger partial charge in [0, 0.05) is 5.92 Å². The Labute approximate surface area is 90.5 Å². The van der Waals surface area contributed by atoms with Crippen LogP contribution in [0.2, 0.25) is 0 Å². The smallest absolute Gasteiger partial charge is 0.230 e. The highest BCUT2D eigenvalue weighted by atomic mass is 16.4. The van der Waals surface area contributed by atoms with Gasteiger partial charge in [0.15, 0.2) is 0 Å². The van der Waals surface area contributed by atoms with Crippen molar-refractivity contribution in [3.05, 3.63) is 11.8 Å². The SMILES string of the molecule is CCCNCc1nnc(C(C)C2CC2)o1. The quantitative estimate of drug-likeness (QED) is 0.729. The summed E-state index contributed by atoms with van der Waals surface area (Å²) in [6.07, 6.45) is 3.75. The summed E-state index contributed by atoms with van der Waals surface area (Å²) >= 11 is 0. The third-order valence-electron chi connectivity index (χ3n) is 2.90. The van der Waals surface area contributed by atoms with Crippen molar-refractivity contribution in [1.29, 1.82) is 0 Å². The molecule has 2 rings (SSSR count). The van der Waals surface area contributed by atoms with Crippen molar-refractivity contribution in [2.24, 2.45) is 5.92 Å². The van der Waals surface area contributed by atoms with Crippen molar-refractivity contribution in [2.75, 3.05) is 6.54 Å².